The molecule has 35 heavy (non-hydrogen) atoms. The summed E-state index contributed by atoms with van der Waals surface area (Å²) in [6.45, 7) is 2.37. The summed E-state index contributed by atoms with van der Waals surface area (Å²) in [5, 5.41) is 18.8. The molecule has 0 saturated heterocycles. The van der Waals surface area contributed by atoms with Crippen LogP contribution in [-0.4, -0.2) is 39.7 Å². The Morgan fingerprint density at radius 1 is 1.09 bits per heavy atom. The van der Waals surface area contributed by atoms with Gasteiger partial charge < -0.3 is 10.2 Å². The molecule has 0 aliphatic heterocycles. The summed E-state index contributed by atoms with van der Waals surface area (Å²) in [5.74, 6) is 0.00761. The van der Waals surface area contributed by atoms with Crippen LogP contribution in [-0.2, 0) is 6.54 Å². The summed E-state index contributed by atoms with van der Waals surface area (Å²) in [6, 6.07) is 19.4. The fraction of sp³-hybridized carbons (Fsp3) is 0.160. The number of carbonyl (C=O) groups is 1. The zero-order valence-electron chi connectivity index (χ0n) is 19.4. The molecule has 10 heteroatoms. The SMILES string of the molecule is Cc1ccc(-c2nc(NCc3ccc(N(C)C)cc3)n(C(=O)c3ccc(Cl)c([N+](=O)[O-])c3)n2)cc1. The molecule has 1 heterocycles. The molecule has 1 aromatic heterocycles. The van der Waals surface area contributed by atoms with Crippen LogP contribution in [0.1, 0.15) is 21.5 Å². The molecule has 1 N–H and O–H groups in total. The summed E-state index contributed by atoms with van der Waals surface area (Å²) < 4.78 is 1.12. The summed E-state index contributed by atoms with van der Waals surface area (Å²) >= 11 is 5.92. The normalized spacial score (nSPS) is 10.7. The summed E-state index contributed by atoms with van der Waals surface area (Å²) in [7, 11) is 3.93. The summed E-state index contributed by atoms with van der Waals surface area (Å²) in [4.78, 5) is 30.6. The van der Waals surface area contributed by atoms with Crippen molar-refractivity contribution in [3.63, 3.8) is 0 Å². The molecule has 4 aromatic rings. The van der Waals surface area contributed by atoms with Crippen molar-refractivity contribution in [2.45, 2.75) is 13.5 Å². The molecule has 0 atom stereocenters. The van der Waals surface area contributed by atoms with E-state index in [1.165, 1.54) is 12.1 Å². The fourth-order valence-corrected chi connectivity index (χ4v) is 3.58. The minimum atomic E-state index is -0.630. The van der Waals surface area contributed by atoms with Gasteiger partial charge >= 0.3 is 0 Å². The van der Waals surface area contributed by atoms with Crippen LogP contribution in [0.3, 0.4) is 0 Å². The van der Waals surface area contributed by atoms with E-state index in [2.05, 4.69) is 15.4 Å². The monoisotopic (exact) mass is 490 g/mol. The second kappa shape index (κ2) is 9.94. The van der Waals surface area contributed by atoms with Gasteiger partial charge in [-0.25, -0.2) is 0 Å². The highest BCUT2D eigenvalue weighted by Gasteiger charge is 2.22. The van der Waals surface area contributed by atoms with Crippen molar-refractivity contribution >= 4 is 34.8 Å². The fourth-order valence-electron chi connectivity index (χ4n) is 3.39. The number of hydrogen-bond donors (Lipinski definition) is 1. The first-order valence-corrected chi connectivity index (χ1v) is 11.1. The van der Waals surface area contributed by atoms with Crippen LogP contribution in [0.2, 0.25) is 5.02 Å². The Hall–Kier alpha value is -4.24. The van der Waals surface area contributed by atoms with Gasteiger partial charge in [-0.3, -0.25) is 14.9 Å². The largest absolute Gasteiger partial charge is 0.378 e. The minimum absolute atomic E-state index is 0.0509. The van der Waals surface area contributed by atoms with E-state index in [9.17, 15) is 14.9 Å². The maximum atomic E-state index is 13.3. The van der Waals surface area contributed by atoms with Crippen LogP contribution >= 0.6 is 11.6 Å². The second-order valence-electron chi connectivity index (χ2n) is 8.18. The second-order valence-corrected chi connectivity index (χ2v) is 8.59. The predicted molar refractivity (Wildman–Crippen MR) is 136 cm³/mol. The number of nitro benzene ring substituents is 1. The summed E-state index contributed by atoms with van der Waals surface area (Å²) in [6.07, 6.45) is 0. The van der Waals surface area contributed by atoms with E-state index in [1.54, 1.807) is 0 Å². The quantitative estimate of drug-likeness (QED) is 0.281. The molecule has 0 unspecified atom stereocenters. The van der Waals surface area contributed by atoms with Gasteiger partial charge in [0.15, 0.2) is 5.82 Å². The molecule has 0 spiro atoms. The molecule has 0 amide bonds. The molecule has 0 radical (unpaired) electrons. The van der Waals surface area contributed by atoms with E-state index < -0.39 is 10.8 Å². The highest BCUT2D eigenvalue weighted by atomic mass is 35.5. The first-order chi connectivity index (χ1) is 16.7. The maximum absolute atomic E-state index is 13.3. The molecule has 0 aliphatic rings. The lowest BCUT2D eigenvalue weighted by Gasteiger charge is -2.13. The number of nitro groups is 1. The number of benzene rings is 3. The molecule has 0 bridgehead atoms. The Labute approximate surface area is 207 Å². The van der Waals surface area contributed by atoms with Crippen molar-refractivity contribution in [3.8, 4) is 11.4 Å². The highest BCUT2D eigenvalue weighted by molar-refractivity contribution is 6.32. The smallest absolute Gasteiger partial charge is 0.288 e. The Kier molecular flexibility index (Phi) is 6.79. The van der Waals surface area contributed by atoms with Gasteiger partial charge in [0.25, 0.3) is 11.6 Å². The van der Waals surface area contributed by atoms with E-state index in [1.807, 2.05) is 74.4 Å². The lowest BCUT2D eigenvalue weighted by atomic mass is 10.1. The number of anilines is 2. The topological polar surface area (TPSA) is 106 Å². The van der Waals surface area contributed by atoms with Crippen LogP contribution in [0.4, 0.5) is 17.3 Å². The number of aromatic nitrogens is 3. The van der Waals surface area contributed by atoms with Crippen LogP contribution in [0.25, 0.3) is 11.4 Å². The zero-order valence-corrected chi connectivity index (χ0v) is 20.2. The zero-order chi connectivity index (χ0) is 25.1. The number of nitrogens with one attached hydrogen (secondary N) is 1. The lowest BCUT2D eigenvalue weighted by molar-refractivity contribution is -0.384. The Morgan fingerprint density at radius 2 is 1.77 bits per heavy atom. The number of rotatable bonds is 7. The predicted octanol–water partition coefficient (Wildman–Crippen LogP) is 5.18. The molecule has 3 aromatic carbocycles. The van der Waals surface area contributed by atoms with Crippen molar-refractivity contribution in [2.75, 3.05) is 24.3 Å². The Bertz CT molecular complexity index is 1380. The van der Waals surface area contributed by atoms with Crippen molar-refractivity contribution in [1.29, 1.82) is 0 Å². The standard InChI is InChI=1S/C25H23ClN6O3/c1-16-4-8-18(9-5-16)23-28-25(27-15-17-6-11-20(12-7-17)30(2)3)31(29-23)24(33)19-10-13-21(26)22(14-19)32(34)35/h4-14H,15H2,1-3H3,(H,27,28,29). The van der Waals surface area contributed by atoms with Crippen LogP contribution < -0.4 is 10.2 Å². The van der Waals surface area contributed by atoms with Crippen molar-refractivity contribution < 1.29 is 9.72 Å². The van der Waals surface area contributed by atoms with Gasteiger partial charge in [-0.05, 0) is 36.8 Å². The Morgan fingerprint density at radius 3 is 2.40 bits per heavy atom. The molecule has 0 saturated carbocycles. The molecule has 4 rings (SSSR count). The molecule has 9 nitrogen and oxygen atoms in total. The van der Waals surface area contributed by atoms with Crippen LogP contribution in [0.15, 0.2) is 66.7 Å². The Balaban J connectivity index is 1.69. The van der Waals surface area contributed by atoms with Gasteiger partial charge in [0.2, 0.25) is 5.95 Å². The first kappa shape index (κ1) is 23.9. The van der Waals surface area contributed by atoms with Gasteiger partial charge in [0.1, 0.15) is 5.02 Å². The number of aryl methyl sites for hydroxylation is 1. The van der Waals surface area contributed by atoms with Gasteiger partial charge in [-0.2, -0.15) is 9.67 Å². The average molecular weight is 491 g/mol. The van der Waals surface area contributed by atoms with E-state index in [0.717, 1.165) is 33.1 Å². The number of carbonyl (C=O) groups excluding carboxylic acids is 1. The van der Waals surface area contributed by atoms with Crippen molar-refractivity contribution in [3.05, 3.63) is 98.6 Å². The number of nitrogens with zero attached hydrogens (tertiary/aromatic N) is 5. The van der Waals surface area contributed by atoms with E-state index >= 15 is 0 Å². The third kappa shape index (κ3) is 5.30. The van der Waals surface area contributed by atoms with Gasteiger partial charge in [-0.15, -0.1) is 5.10 Å². The van der Waals surface area contributed by atoms with Crippen LogP contribution in [0, 0.1) is 17.0 Å². The molecule has 0 fully saturated rings. The van der Waals surface area contributed by atoms with Crippen LogP contribution in [0.5, 0.6) is 0 Å². The summed E-state index contributed by atoms with van der Waals surface area (Å²) in [5.41, 5.74) is 3.58. The highest BCUT2D eigenvalue weighted by Crippen LogP contribution is 2.26. The van der Waals surface area contributed by atoms with E-state index in [4.69, 9.17) is 11.6 Å². The van der Waals surface area contributed by atoms with Crippen molar-refractivity contribution in [1.82, 2.24) is 14.8 Å². The van der Waals surface area contributed by atoms with E-state index in [-0.39, 0.29) is 22.2 Å². The molecule has 0 aliphatic carbocycles. The van der Waals surface area contributed by atoms with Gasteiger partial charge in [0, 0.05) is 43.5 Å². The van der Waals surface area contributed by atoms with Crippen molar-refractivity contribution in [2.24, 2.45) is 0 Å². The third-order valence-electron chi connectivity index (χ3n) is 5.40. The molecule has 178 valence electrons. The minimum Gasteiger partial charge on any atom is -0.378 e. The lowest BCUT2D eigenvalue weighted by Crippen LogP contribution is -2.18. The number of halogens is 1. The van der Waals surface area contributed by atoms with E-state index in [0.29, 0.717) is 12.4 Å². The third-order valence-corrected chi connectivity index (χ3v) is 5.72. The first-order valence-electron chi connectivity index (χ1n) is 10.8. The number of hydrogen-bond acceptors (Lipinski definition) is 7. The molecular formula is C25H23ClN6O3. The maximum Gasteiger partial charge on any atom is 0.288 e. The van der Waals surface area contributed by atoms with Gasteiger partial charge in [-0.1, -0.05) is 53.6 Å². The average Bonchev–Trinajstić information content (AvgIpc) is 3.27. The molecular weight excluding hydrogens is 468 g/mol. The van der Waals surface area contributed by atoms with Gasteiger partial charge in [0.05, 0.1) is 4.92 Å².